The Morgan fingerprint density at radius 3 is 2.48 bits per heavy atom. The highest BCUT2D eigenvalue weighted by atomic mass is 32.2. The quantitative estimate of drug-likeness (QED) is 0.790. The normalized spacial score (nSPS) is 26.7. The van der Waals surface area contributed by atoms with Crippen LogP contribution in [-0.4, -0.2) is 52.0 Å². The predicted octanol–water partition coefficient (Wildman–Crippen LogP) is 2.64. The van der Waals surface area contributed by atoms with Crippen molar-refractivity contribution in [2.24, 2.45) is 5.92 Å². The van der Waals surface area contributed by atoms with Crippen LogP contribution in [-0.2, 0) is 0 Å². The Morgan fingerprint density at radius 1 is 1.19 bits per heavy atom. The molecule has 3 aliphatic rings. The molecule has 27 heavy (non-hydrogen) atoms. The number of rotatable bonds is 5. The van der Waals surface area contributed by atoms with Gasteiger partial charge in [0.1, 0.15) is 0 Å². The molecule has 3 saturated heterocycles. The van der Waals surface area contributed by atoms with Crippen LogP contribution in [0.2, 0.25) is 0 Å². The number of amides is 1. The standard InChI is InChI=1S/C19H22N4O3S/c1-11-16(13-7-9-23(11)10-8-13)20-17(25)14-3-5-15(6-4-14)27-19-22-21-18(26-19)12(2)24/h3-6,11,13,16H,7-10H2,1-2H3,(H,20,25). The molecule has 8 heteroatoms. The van der Waals surface area contributed by atoms with Crippen LogP contribution in [0.3, 0.4) is 0 Å². The molecule has 1 aromatic heterocycles. The van der Waals surface area contributed by atoms with Crippen LogP contribution in [0.25, 0.3) is 0 Å². The summed E-state index contributed by atoms with van der Waals surface area (Å²) in [7, 11) is 0. The van der Waals surface area contributed by atoms with Crippen molar-refractivity contribution < 1.29 is 14.0 Å². The van der Waals surface area contributed by atoms with Gasteiger partial charge in [-0.15, -0.1) is 10.2 Å². The SMILES string of the molecule is CC(=O)c1nnc(Sc2ccc(C(=O)NC3C4CCN(CC4)C3C)cc2)o1. The van der Waals surface area contributed by atoms with Crippen molar-refractivity contribution in [2.45, 2.75) is 48.9 Å². The monoisotopic (exact) mass is 386 g/mol. The predicted molar refractivity (Wildman–Crippen MR) is 99.9 cm³/mol. The van der Waals surface area contributed by atoms with E-state index < -0.39 is 0 Å². The van der Waals surface area contributed by atoms with E-state index in [4.69, 9.17) is 4.42 Å². The van der Waals surface area contributed by atoms with Gasteiger partial charge in [0.25, 0.3) is 17.0 Å². The molecule has 4 heterocycles. The maximum atomic E-state index is 12.7. The summed E-state index contributed by atoms with van der Waals surface area (Å²) in [6.07, 6.45) is 2.33. The highest BCUT2D eigenvalue weighted by molar-refractivity contribution is 7.99. The third kappa shape index (κ3) is 3.77. The van der Waals surface area contributed by atoms with E-state index in [0.29, 0.717) is 22.7 Å². The van der Waals surface area contributed by atoms with E-state index in [1.807, 2.05) is 12.1 Å². The fraction of sp³-hybridized carbons (Fsp3) is 0.474. The number of ketones is 1. The minimum Gasteiger partial charge on any atom is -0.408 e. The number of nitrogens with zero attached hydrogens (tertiary/aromatic N) is 3. The van der Waals surface area contributed by atoms with E-state index >= 15 is 0 Å². The summed E-state index contributed by atoms with van der Waals surface area (Å²) in [5.74, 6) is 0.286. The third-order valence-electron chi connectivity index (χ3n) is 5.50. The molecular formula is C19H22N4O3S. The lowest BCUT2D eigenvalue weighted by molar-refractivity contribution is 0.0217. The van der Waals surface area contributed by atoms with Gasteiger partial charge in [-0.1, -0.05) is 0 Å². The van der Waals surface area contributed by atoms with E-state index in [1.54, 1.807) is 12.1 Å². The second-order valence-corrected chi connectivity index (χ2v) is 8.19. The summed E-state index contributed by atoms with van der Waals surface area (Å²) in [5.41, 5.74) is 0.637. The van der Waals surface area contributed by atoms with Gasteiger partial charge in [0.05, 0.1) is 0 Å². The van der Waals surface area contributed by atoms with Crippen molar-refractivity contribution in [1.82, 2.24) is 20.4 Å². The van der Waals surface area contributed by atoms with Gasteiger partial charge in [0.15, 0.2) is 0 Å². The van der Waals surface area contributed by atoms with Crippen molar-refractivity contribution >= 4 is 23.5 Å². The molecule has 142 valence electrons. The summed E-state index contributed by atoms with van der Waals surface area (Å²) in [6.45, 7) is 5.87. The number of Topliss-reactive ketones (excluding diaryl/α,β-unsaturated/α-hetero) is 1. The van der Waals surface area contributed by atoms with E-state index in [-0.39, 0.29) is 23.6 Å². The maximum Gasteiger partial charge on any atom is 0.284 e. The minimum absolute atomic E-state index is 0.000128. The van der Waals surface area contributed by atoms with Crippen LogP contribution >= 0.6 is 11.8 Å². The zero-order chi connectivity index (χ0) is 19.0. The first-order valence-electron chi connectivity index (χ1n) is 9.18. The number of hydrogen-bond donors (Lipinski definition) is 1. The van der Waals surface area contributed by atoms with Crippen LogP contribution in [0.4, 0.5) is 0 Å². The molecule has 3 fully saturated rings. The van der Waals surface area contributed by atoms with Crippen LogP contribution in [0.15, 0.2) is 38.8 Å². The molecule has 2 aromatic rings. The van der Waals surface area contributed by atoms with Gasteiger partial charge in [-0.3, -0.25) is 14.5 Å². The molecule has 3 aliphatic heterocycles. The number of aromatic nitrogens is 2. The summed E-state index contributed by atoms with van der Waals surface area (Å²) in [4.78, 5) is 27.2. The Labute approximate surface area is 161 Å². The lowest BCUT2D eigenvalue weighted by atomic mass is 9.79. The van der Waals surface area contributed by atoms with E-state index in [9.17, 15) is 9.59 Å². The molecule has 1 amide bonds. The van der Waals surface area contributed by atoms with Crippen molar-refractivity contribution in [2.75, 3.05) is 13.1 Å². The molecule has 0 aliphatic carbocycles. The highest BCUT2D eigenvalue weighted by Gasteiger charge is 2.40. The number of hydrogen-bond acceptors (Lipinski definition) is 7. The second-order valence-electron chi connectivity index (χ2n) is 7.17. The molecule has 1 aromatic carbocycles. The molecule has 1 N–H and O–H groups in total. The number of piperidine rings is 3. The fourth-order valence-corrected chi connectivity index (χ4v) is 4.62. The van der Waals surface area contributed by atoms with E-state index in [1.165, 1.54) is 18.7 Å². The number of carbonyl (C=O) groups excluding carboxylic acids is 2. The summed E-state index contributed by atoms with van der Waals surface area (Å²) >= 11 is 1.26. The summed E-state index contributed by atoms with van der Waals surface area (Å²) < 4.78 is 5.27. The molecule has 7 nitrogen and oxygen atoms in total. The Bertz CT molecular complexity index is 841. The zero-order valence-corrected chi connectivity index (χ0v) is 16.2. The second kappa shape index (κ2) is 7.44. The lowest BCUT2D eigenvalue weighted by Crippen LogP contribution is -2.62. The Hall–Kier alpha value is -2.19. The van der Waals surface area contributed by atoms with Gasteiger partial charge >= 0.3 is 0 Å². The molecule has 2 unspecified atom stereocenters. The van der Waals surface area contributed by atoms with Gasteiger partial charge in [-0.05, 0) is 74.8 Å². The molecule has 0 saturated carbocycles. The van der Waals surface area contributed by atoms with Crippen molar-refractivity contribution in [3.05, 3.63) is 35.7 Å². The van der Waals surface area contributed by atoms with Crippen LogP contribution in [0.1, 0.15) is 47.7 Å². The molecule has 0 spiro atoms. The first-order valence-corrected chi connectivity index (χ1v) is 10.00. The van der Waals surface area contributed by atoms with Gasteiger partial charge < -0.3 is 9.73 Å². The van der Waals surface area contributed by atoms with Crippen LogP contribution in [0, 0.1) is 5.92 Å². The molecule has 0 radical (unpaired) electrons. The number of fused-ring (bicyclic) bond motifs is 3. The van der Waals surface area contributed by atoms with Gasteiger partial charge in [0, 0.05) is 29.5 Å². The highest BCUT2D eigenvalue weighted by Crippen LogP contribution is 2.32. The first-order chi connectivity index (χ1) is 13.0. The Balaban J connectivity index is 1.39. The third-order valence-corrected chi connectivity index (χ3v) is 6.35. The molecular weight excluding hydrogens is 364 g/mol. The van der Waals surface area contributed by atoms with Crippen molar-refractivity contribution in [1.29, 1.82) is 0 Å². The first kappa shape index (κ1) is 18.2. The summed E-state index contributed by atoms with van der Waals surface area (Å²) in [6, 6.07) is 7.90. The number of carbonyl (C=O) groups is 2. The zero-order valence-electron chi connectivity index (χ0n) is 15.3. The number of benzene rings is 1. The number of nitrogens with one attached hydrogen (secondary N) is 1. The van der Waals surface area contributed by atoms with Crippen LogP contribution < -0.4 is 5.32 Å². The fourth-order valence-electron chi connectivity index (χ4n) is 3.95. The van der Waals surface area contributed by atoms with Gasteiger partial charge in [0.2, 0.25) is 5.78 Å². The molecule has 5 rings (SSSR count). The molecule has 2 bridgehead atoms. The minimum atomic E-state index is -0.261. The van der Waals surface area contributed by atoms with E-state index in [0.717, 1.165) is 30.8 Å². The lowest BCUT2D eigenvalue weighted by Gasteiger charge is -2.49. The van der Waals surface area contributed by atoms with Crippen molar-refractivity contribution in [3.8, 4) is 0 Å². The van der Waals surface area contributed by atoms with E-state index in [2.05, 4.69) is 27.3 Å². The van der Waals surface area contributed by atoms with Crippen LogP contribution in [0.5, 0.6) is 0 Å². The smallest absolute Gasteiger partial charge is 0.284 e. The average molecular weight is 386 g/mol. The topological polar surface area (TPSA) is 88.3 Å². The average Bonchev–Trinajstić information content (AvgIpc) is 3.14. The van der Waals surface area contributed by atoms with Gasteiger partial charge in [-0.25, -0.2) is 0 Å². The maximum absolute atomic E-state index is 12.7. The Kier molecular flexibility index (Phi) is 5.01. The largest absolute Gasteiger partial charge is 0.408 e. The van der Waals surface area contributed by atoms with Crippen molar-refractivity contribution in [3.63, 3.8) is 0 Å². The Morgan fingerprint density at radius 2 is 1.89 bits per heavy atom. The summed E-state index contributed by atoms with van der Waals surface area (Å²) in [5, 5.41) is 11.1. The van der Waals surface area contributed by atoms with Gasteiger partial charge in [-0.2, -0.15) is 0 Å². The molecule has 2 atom stereocenters.